The average Bonchev–Trinajstić information content (AvgIpc) is 3.02. The first-order chi connectivity index (χ1) is 7.64. The predicted octanol–water partition coefficient (Wildman–Crippen LogP) is 4.08. The Kier molecular flexibility index (Phi) is 5.77. The van der Waals surface area contributed by atoms with Crippen molar-refractivity contribution in [3.63, 3.8) is 0 Å². The van der Waals surface area contributed by atoms with Crippen molar-refractivity contribution in [2.45, 2.75) is 58.2 Å². The molecule has 0 unspecified atom stereocenters. The van der Waals surface area contributed by atoms with E-state index in [0.29, 0.717) is 0 Å². The van der Waals surface area contributed by atoms with Crippen LogP contribution in [0.15, 0.2) is 11.8 Å². The molecule has 0 atom stereocenters. The van der Waals surface area contributed by atoms with Crippen molar-refractivity contribution < 1.29 is 0 Å². The minimum atomic E-state index is -1.13. The van der Waals surface area contributed by atoms with Gasteiger partial charge in [0.25, 0.3) is 0 Å². The Bertz CT molecular complexity index is 215. The second kappa shape index (κ2) is 6.60. The molecule has 0 saturated carbocycles. The largest absolute Gasteiger partial charge is 0.301 e. The molecule has 94 valence electrons. The van der Waals surface area contributed by atoms with Gasteiger partial charge in [0, 0.05) is 13.1 Å². The van der Waals surface area contributed by atoms with E-state index in [2.05, 4.69) is 32.3 Å². The molecule has 1 rings (SSSR count). The van der Waals surface area contributed by atoms with Crippen LogP contribution in [-0.4, -0.2) is 32.6 Å². The van der Waals surface area contributed by atoms with Crippen molar-refractivity contribution in [2.24, 2.45) is 0 Å². The molecular weight excluding hydrogens is 210 g/mol. The van der Waals surface area contributed by atoms with Gasteiger partial charge in [0.2, 0.25) is 0 Å². The number of hydrogen-bond acceptors (Lipinski definition) is 1. The van der Waals surface area contributed by atoms with Gasteiger partial charge in [-0.25, -0.2) is 0 Å². The average molecular weight is 239 g/mol. The molecule has 0 aromatic rings. The van der Waals surface area contributed by atoms with Gasteiger partial charge >= 0.3 is 0 Å². The number of nitrogens with zero attached hydrogens (tertiary/aromatic N) is 1. The molecule has 0 amide bonds. The molecule has 2 heteroatoms. The third-order valence-corrected chi connectivity index (χ3v) is 10.1. The van der Waals surface area contributed by atoms with E-state index in [0.717, 1.165) is 0 Å². The fraction of sp³-hybridized carbons (Fsp3) is 0.857. The summed E-state index contributed by atoms with van der Waals surface area (Å²) in [7, 11) is -1.13. The second-order valence-corrected chi connectivity index (χ2v) is 10.4. The van der Waals surface area contributed by atoms with Crippen molar-refractivity contribution in [3.8, 4) is 0 Å². The zero-order valence-electron chi connectivity index (χ0n) is 11.5. The van der Waals surface area contributed by atoms with Crippen LogP contribution in [0.2, 0.25) is 18.1 Å². The van der Waals surface area contributed by atoms with Gasteiger partial charge in [-0.2, -0.15) is 0 Å². The molecule has 0 radical (unpaired) electrons. The molecule has 1 aliphatic rings. The van der Waals surface area contributed by atoms with Gasteiger partial charge in [-0.3, -0.25) is 0 Å². The van der Waals surface area contributed by atoms with Gasteiger partial charge in [0.05, 0.1) is 8.07 Å². The lowest BCUT2D eigenvalue weighted by Crippen LogP contribution is -2.35. The van der Waals surface area contributed by atoms with E-state index in [1.165, 1.54) is 57.0 Å². The van der Waals surface area contributed by atoms with Crippen LogP contribution in [0.4, 0.5) is 0 Å². The predicted molar refractivity (Wildman–Crippen MR) is 76.6 cm³/mol. The van der Waals surface area contributed by atoms with Crippen molar-refractivity contribution in [1.29, 1.82) is 0 Å². The van der Waals surface area contributed by atoms with Crippen LogP contribution in [0.25, 0.3) is 0 Å². The highest BCUT2D eigenvalue weighted by molar-refractivity contribution is 6.86. The fourth-order valence-electron chi connectivity index (χ4n) is 2.91. The lowest BCUT2D eigenvalue weighted by molar-refractivity contribution is 0.548. The normalized spacial score (nSPS) is 16.4. The lowest BCUT2D eigenvalue weighted by Gasteiger charge is -2.32. The molecule has 0 bridgehead atoms. The monoisotopic (exact) mass is 239 g/mol. The fourth-order valence-corrected chi connectivity index (χ4v) is 7.69. The third kappa shape index (κ3) is 4.06. The number of hydrogen-bond donors (Lipinski definition) is 0. The summed E-state index contributed by atoms with van der Waals surface area (Å²) in [5, 5.41) is 1.56. The maximum absolute atomic E-state index is 4.33. The quantitative estimate of drug-likeness (QED) is 0.433. The van der Waals surface area contributed by atoms with E-state index in [1.807, 2.05) is 0 Å². The van der Waals surface area contributed by atoms with Crippen molar-refractivity contribution in [1.82, 2.24) is 4.90 Å². The summed E-state index contributed by atoms with van der Waals surface area (Å²) >= 11 is 0. The Morgan fingerprint density at radius 2 is 1.69 bits per heavy atom. The molecule has 1 nitrogen and oxygen atoms in total. The van der Waals surface area contributed by atoms with Gasteiger partial charge in [-0.05, 0) is 19.9 Å². The Hall–Kier alpha value is -0.0831. The first kappa shape index (κ1) is 14.0. The molecule has 0 N–H and O–H groups in total. The van der Waals surface area contributed by atoms with Gasteiger partial charge in [0.1, 0.15) is 0 Å². The summed E-state index contributed by atoms with van der Waals surface area (Å²) in [6.45, 7) is 15.3. The Labute approximate surface area is 103 Å². The summed E-state index contributed by atoms with van der Waals surface area (Å²) in [6, 6.07) is 4.42. The molecule has 1 heterocycles. The third-order valence-electron chi connectivity index (χ3n) is 4.03. The first-order valence-corrected chi connectivity index (χ1v) is 9.65. The standard InChI is InChI=1S/C14H29NSi/c1-5-11-16(12-6-2,14(3)4)13-7-8-15-9-10-15/h3,5-13H2,1-2,4H3. The molecule has 1 saturated heterocycles. The molecule has 0 spiro atoms. The molecule has 0 aliphatic carbocycles. The lowest BCUT2D eigenvalue weighted by atomic mass is 10.5. The van der Waals surface area contributed by atoms with Crippen LogP contribution in [0.5, 0.6) is 0 Å². The highest BCUT2D eigenvalue weighted by Gasteiger charge is 2.31. The van der Waals surface area contributed by atoms with E-state index in [4.69, 9.17) is 0 Å². The minimum Gasteiger partial charge on any atom is -0.301 e. The highest BCUT2D eigenvalue weighted by Crippen LogP contribution is 2.32. The maximum atomic E-state index is 4.33. The van der Waals surface area contributed by atoms with Crippen molar-refractivity contribution in [2.75, 3.05) is 19.6 Å². The van der Waals surface area contributed by atoms with E-state index in [1.54, 1.807) is 5.20 Å². The van der Waals surface area contributed by atoms with E-state index in [-0.39, 0.29) is 0 Å². The van der Waals surface area contributed by atoms with Gasteiger partial charge < -0.3 is 4.90 Å². The van der Waals surface area contributed by atoms with E-state index >= 15 is 0 Å². The Morgan fingerprint density at radius 1 is 1.12 bits per heavy atom. The zero-order valence-corrected chi connectivity index (χ0v) is 12.5. The van der Waals surface area contributed by atoms with Gasteiger partial charge in [-0.15, -0.1) is 6.58 Å². The van der Waals surface area contributed by atoms with E-state index < -0.39 is 8.07 Å². The van der Waals surface area contributed by atoms with Crippen molar-refractivity contribution in [3.05, 3.63) is 11.8 Å². The molecule has 0 aromatic heterocycles. The van der Waals surface area contributed by atoms with Crippen LogP contribution in [0.3, 0.4) is 0 Å². The molecule has 1 fully saturated rings. The first-order valence-electron chi connectivity index (χ1n) is 7.03. The summed E-state index contributed by atoms with van der Waals surface area (Å²) in [5.74, 6) is 0. The highest BCUT2D eigenvalue weighted by atomic mass is 28.3. The summed E-state index contributed by atoms with van der Waals surface area (Å²) in [4.78, 5) is 2.55. The van der Waals surface area contributed by atoms with Crippen LogP contribution < -0.4 is 0 Å². The van der Waals surface area contributed by atoms with E-state index in [9.17, 15) is 0 Å². The molecule has 0 aromatic carbocycles. The smallest absolute Gasteiger partial charge is 0.0804 e. The molecule has 1 aliphatic heterocycles. The van der Waals surface area contributed by atoms with Gasteiger partial charge in [0.15, 0.2) is 0 Å². The Morgan fingerprint density at radius 3 is 2.06 bits per heavy atom. The number of allylic oxidation sites excluding steroid dienone is 1. The van der Waals surface area contributed by atoms with Crippen LogP contribution in [0, 0.1) is 0 Å². The van der Waals surface area contributed by atoms with Crippen molar-refractivity contribution >= 4 is 8.07 Å². The maximum Gasteiger partial charge on any atom is 0.0804 e. The topological polar surface area (TPSA) is 3.01 Å². The second-order valence-electron chi connectivity index (χ2n) is 5.51. The zero-order chi connectivity index (χ0) is 12.0. The van der Waals surface area contributed by atoms with Crippen LogP contribution >= 0.6 is 0 Å². The van der Waals surface area contributed by atoms with Gasteiger partial charge in [-0.1, -0.05) is 50.0 Å². The summed E-state index contributed by atoms with van der Waals surface area (Å²) in [6.07, 6.45) is 4.12. The van der Waals surface area contributed by atoms with Crippen LogP contribution in [-0.2, 0) is 0 Å². The number of rotatable bonds is 9. The minimum absolute atomic E-state index is 1.13. The summed E-state index contributed by atoms with van der Waals surface area (Å²) in [5.41, 5.74) is 0. The molecular formula is C14H29NSi. The molecule has 16 heavy (non-hydrogen) atoms. The Balaban J connectivity index is 2.46. The van der Waals surface area contributed by atoms with Crippen LogP contribution in [0.1, 0.15) is 40.0 Å². The summed E-state index contributed by atoms with van der Waals surface area (Å²) < 4.78 is 0. The SMILES string of the molecule is C=C(C)[Si](CCC)(CCC)CCCN1CC1.